The number of nitriles is 1. The van der Waals surface area contributed by atoms with Crippen molar-refractivity contribution < 1.29 is 19.0 Å². The zero-order chi connectivity index (χ0) is 23.4. The third-order valence-electron chi connectivity index (χ3n) is 4.90. The molecule has 0 bridgehead atoms. The molecule has 6 nitrogen and oxygen atoms in total. The van der Waals surface area contributed by atoms with E-state index in [1.54, 1.807) is 30.3 Å². The number of nitrogens with one attached hydrogen (secondary N) is 1. The van der Waals surface area contributed by atoms with E-state index in [0.29, 0.717) is 33.5 Å². The highest BCUT2D eigenvalue weighted by Crippen LogP contribution is 2.33. The highest BCUT2D eigenvalue weighted by Gasteiger charge is 2.15. The highest BCUT2D eigenvalue weighted by molar-refractivity contribution is 9.10. The minimum atomic E-state index is -0.542. The molecule has 1 aliphatic rings. The fraction of sp³-hybridized carbons (Fsp3) is 0.120. The molecule has 0 radical (unpaired) electrons. The number of anilines is 1. The van der Waals surface area contributed by atoms with Gasteiger partial charge in [-0.15, -0.1) is 0 Å². The van der Waals surface area contributed by atoms with Crippen LogP contribution in [-0.2, 0) is 11.4 Å². The van der Waals surface area contributed by atoms with Gasteiger partial charge in [-0.1, -0.05) is 39.7 Å². The van der Waals surface area contributed by atoms with Gasteiger partial charge in [-0.3, -0.25) is 4.79 Å². The Hall–Kier alpha value is -3.47. The van der Waals surface area contributed by atoms with Gasteiger partial charge in [-0.25, -0.2) is 0 Å². The second-order valence-electron chi connectivity index (χ2n) is 7.25. The summed E-state index contributed by atoms with van der Waals surface area (Å²) in [6.07, 6.45) is 1.49. The van der Waals surface area contributed by atoms with Crippen LogP contribution >= 0.6 is 27.5 Å². The monoisotopic (exact) mass is 524 g/mol. The second kappa shape index (κ2) is 9.99. The van der Waals surface area contributed by atoms with Gasteiger partial charge < -0.3 is 19.5 Å². The van der Waals surface area contributed by atoms with Crippen molar-refractivity contribution in [1.82, 2.24) is 0 Å². The zero-order valence-electron chi connectivity index (χ0n) is 17.5. The van der Waals surface area contributed by atoms with E-state index in [2.05, 4.69) is 21.2 Å². The van der Waals surface area contributed by atoms with Crippen LogP contribution in [0.2, 0.25) is 5.02 Å². The molecule has 1 heterocycles. The fourth-order valence-corrected chi connectivity index (χ4v) is 3.69. The number of carbonyl (C=O) groups is 1. The third-order valence-corrected chi connectivity index (χ3v) is 5.80. The molecule has 0 aromatic heterocycles. The Balaban J connectivity index is 1.54. The van der Waals surface area contributed by atoms with Gasteiger partial charge in [0.1, 0.15) is 24.0 Å². The maximum atomic E-state index is 12.7. The molecule has 33 heavy (non-hydrogen) atoms. The van der Waals surface area contributed by atoms with Gasteiger partial charge in [0.05, 0.1) is 0 Å². The minimum Gasteiger partial charge on any atom is -0.488 e. The molecule has 0 aliphatic carbocycles. The molecule has 0 saturated carbocycles. The second-order valence-corrected chi connectivity index (χ2v) is 8.57. The molecular weight excluding hydrogens is 508 g/mol. The van der Waals surface area contributed by atoms with Gasteiger partial charge in [0.15, 0.2) is 11.5 Å². The van der Waals surface area contributed by atoms with Gasteiger partial charge in [-0.2, -0.15) is 5.26 Å². The van der Waals surface area contributed by atoms with Crippen molar-refractivity contribution in [2.24, 2.45) is 0 Å². The predicted molar refractivity (Wildman–Crippen MR) is 129 cm³/mol. The molecular formula is C25H18BrClN2O4. The molecule has 0 saturated heterocycles. The quantitative estimate of drug-likeness (QED) is 0.303. The first-order valence-corrected chi connectivity index (χ1v) is 11.1. The number of hydrogen-bond acceptors (Lipinski definition) is 5. The molecule has 0 atom stereocenters. The van der Waals surface area contributed by atoms with E-state index in [-0.39, 0.29) is 19.0 Å². The molecule has 1 N–H and O–H groups in total. The Kier molecular flexibility index (Phi) is 6.87. The Morgan fingerprint density at radius 2 is 2.00 bits per heavy atom. The first-order chi connectivity index (χ1) is 15.9. The maximum Gasteiger partial charge on any atom is 0.266 e. The third kappa shape index (κ3) is 5.48. The van der Waals surface area contributed by atoms with Crippen molar-refractivity contribution in [2.45, 2.75) is 13.5 Å². The van der Waals surface area contributed by atoms with E-state index < -0.39 is 5.91 Å². The number of hydrogen-bond donors (Lipinski definition) is 1. The summed E-state index contributed by atoms with van der Waals surface area (Å²) >= 11 is 9.56. The molecule has 1 aliphatic heterocycles. The Bertz CT molecular complexity index is 1300. The maximum absolute atomic E-state index is 12.7. The van der Waals surface area contributed by atoms with Crippen LogP contribution in [0.3, 0.4) is 0 Å². The van der Waals surface area contributed by atoms with E-state index in [4.69, 9.17) is 25.8 Å². The minimum absolute atomic E-state index is 0.0715. The van der Waals surface area contributed by atoms with Crippen LogP contribution in [0.1, 0.15) is 16.7 Å². The molecule has 0 spiro atoms. The summed E-state index contributed by atoms with van der Waals surface area (Å²) in [5, 5.41) is 12.8. The number of halogens is 2. The topological polar surface area (TPSA) is 80.6 Å². The van der Waals surface area contributed by atoms with Crippen LogP contribution in [0.5, 0.6) is 17.2 Å². The molecule has 0 unspecified atom stereocenters. The van der Waals surface area contributed by atoms with Gasteiger partial charge >= 0.3 is 0 Å². The van der Waals surface area contributed by atoms with Crippen molar-refractivity contribution >= 4 is 45.2 Å². The lowest BCUT2D eigenvalue weighted by molar-refractivity contribution is -0.112. The van der Waals surface area contributed by atoms with Crippen molar-refractivity contribution in [1.29, 1.82) is 5.26 Å². The van der Waals surface area contributed by atoms with Crippen LogP contribution in [0, 0.1) is 18.3 Å². The van der Waals surface area contributed by atoms with Crippen LogP contribution < -0.4 is 19.5 Å². The van der Waals surface area contributed by atoms with Gasteiger partial charge in [0.2, 0.25) is 6.79 Å². The fourth-order valence-electron chi connectivity index (χ4n) is 3.13. The lowest BCUT2D eigenvalue weighted by Gasteiger charge is -2.11. The number of benzene rings is 3. The lowest BCUT2D eigenvalue weighted by atomic mass is 10.1. The number of amides is 1. The number of carbonyl (C=O) groups excluding carboxylic acids is 1. The first kappa shape index (κ1) is 22.7. The summed E-state index contributed by atoms with van der Waals surface area (Å²) in [7, 11) is 0. The Labute approximate surface area is 204 Å². The van der Waals surface area contributed by atoms with E-state index in [9.17, 15) is 10.1 Å². The molecule has 166 valence electrons. The summed E-state index contributed by atoms with van der Waals surface area (Å²) in [5.74, 6) is 1.35. The molecule has 8 heteroatoms. The highest BCUT2D eigenvalue weighted by atomic mass is 79.9. The standard InChI is InChI=1S/C25H18BrClN2O4/c1-15-2-5-20(11-21(15)27)29-25(30)18(12-28)9-17-10-19(26)4-7-22(17)31-13-16-3-6-23-24(8-16)33-14-32-23/h2-11H,13-14H2,1H3,(H,29,30)/b18-9-. The van der Waals surface area contributed by atoms with Crippen LogP contribution in [0.4, 0.5) is 5.69 Å². The van der Waals surface area contributed by atoms with Crippen LogP contribution in [0.15, 0.2) is 64.6 Å². The van der Waals surface area contributed by atoms with Crippen LogP contribution in [-0.4, -0.2) is 12.7 Å². The summed E-state index contributed by atoms with van der Waals surface area (Å²) in [6, 6.07) is 18.1. The number of ether oxygens (including phenoxy) is 3. The normalized spacial score (nSPS) is 12.2. The summed E-state index contributed by atoms with van der Waals surface area (Å²) in [4.78, 5) is 12.7. The van der Waals surface area contributed by atoms with E-state index in [1.807, 2.05) is 37.3 Å². The Morgan fingerprint density at radius 3 is 2.79 bits per heavy atom. The van der Waals surface area contributed by atoms with Crippen molar-refractivity contribution in [3.8, 4) is 23.3 Å². The Morgan fingerprint density at radius 1 is 1.18 bits per heavy atom. The molecule has 0 fully saturated rings. The number of fused-ring (bicyclic) bond motifs is 1. The van der Waals surface area contributed by atoms with Crippen molar-refractivity contribution in [3.05, 3.63) is 86.4 Å². The van der Waals surface area contributed by atoms with Gasteiger partial charge in [0.25, 0.3) is 5.91 Å². The lowest BCUT2D eigenvalue weighted by Crippen LogP contribution is -2.13. The average molecular weight is 526 g/mol. The van der Waals surface area contributed by atoms with E-state index >= 15 is 0 Å². The molecule has 3 aromatic carbocycles. The molecule has 1 amide bonds. The van der Waals surface area contributed by atoms with Gasteiger partial charge in [0, 0.05) is 20.7 Å². The SMILES string of the molecule is Cc1ccc(NC(=O)/C(C#N)=C\c2cc(Br)ccc2OCc2ccc3c(c2)OCO3)cc1Cl. The van der Waals surface area contributed by atoms with Crippen LogP contribution in [0.25, 0.3) is 6.08 Å². The summed E-state index contributed by atoms with van der Waals surface area (Å²) in [5.41, 5.74) is 2.80. The van der Waals surface area contributed by atoms with E-state index in [1.165, 1.54) is 6.08 Å². The summed E-state index contributed by atoms with van der Waals surface area (Å²) in [6.45, 7) is 2.34. The molecule has 3 aromatic rings. The van der Waals surface area contributed by atoms with Crippen molar-refractivity contribution in [2.75, 3.05) is 12.1 Å². The smallest absolute Gasteiger partial charge is 0.266 e. The van der Waals surface area contributed by atoms with E-state index in [0.717, 1.165) is 15.6 Å². The number of nitrogens with zero attached hydrogens (tertiary/aromatic N) is 1. The first-order valence-electron chi connectivity index (χ1n) is 9.93. The molecule has 4 rings (SSSR count). The predicted octanol–water partition coefficient (Wildman–Crippen LogP) is 6.26. The average Bonchev–Trinajstić information content (AvgIpc) is 3.27. The van der Waals surface area contributed by atoms with Gasteiger partial charge in [-0.05, 0) is 66.6 Å². The number of rotatable bonds is 6. The van der Waals surface area contributed by atoms with Crippen molar-refractivity contribution in [3.63, 3.8) is 0 Å². The summed E-state index contributed by atoms with van der Waals surface area (Å²) < 4.78 is 17.5. The largest absolute Gasteiger partial charge is 0.488 e. The zero-order valence-corrected chi connectivity index (χ0v) is 19.9. The number of aryl methyl sites for hydroxylation is 1.